The Hall–Kier alpha value is -1.17. The van der Waals surface area contributed by atoms with Crippen LogP contribution in [0.25, 0.3) is 0 Å². The number of rotatable bonds is 3. The quantitative estimate of drug-likeness (QED) is 0.861. The molecule has 23 heavy (non-hydrogen) atoms. The summed E-state index contributed by atoms with van der Waals surface area (Å²) in [4.78, 5) is 8.42. The van der Waals surface area contributed by atoms with Crippen LogP contribution in [-0.2, 0) is 23.3 Å². The van der Waals surface area contributed by atoms with Crippen LogP contribution < -0.4 is 0 Å². The maximum atomic E-state index is 6.30. The van der Waals surface area contributed by atoms with Crippen LogP contribution in [0, 0.1) is 0 Å². The van der Waals surface area contributed by atoms with E-state index in [0.29, 0.717) is 6.04 Å². The summed E-state index contributed by atoms with van der Waals surface area (Å²) in [6.07, 6.45) is 7.26. The summed E-state index contributed by atoms with van der Waals surface area (Å²) in [6, 6.07) is 2.77. The van der Waals surface area contributed by atoms with Gasteiger partial charge in [0.1, 0.15) is 0 Å². The predicted octanol–water partition coefficient (Wildman–Crippen LogP) is 3.59. The van der Waals surface area contributed by atoms with Gasteiger partial charge in [0.15, 0.2) is 0 Å². The topological polar surface area (TPSA) is 30.3 Å². The molecule has 2 aliphatic rings. The van der Waals surface area contributed by atoms with Crippen molar-refractivity contribution in [1.29, 1.82) is 0 Å². The number of ether oxygens (including phenoxy) is 1. The normalized spacial score (nSPS) is 21.0. The molecule has 0 aromatic carbocycles. The van der Waals surface area contributed by atoms with E-state index in [1.807, 2.05) is 23.9 Å². The van der Waals surface area contributed by atoms with Gasteiger partial charge in [-0.3, -0.25) is 4.90 Å². The van der Waals surface area contributed by atoms with Crippen molar-refractivity contribution in [2.45, 2.75) is 51.3 Å². The molecule has 2 aliphatic heterocycles. The first-order chi connectivity index (χ1) is 11.2. The third-order valence-electron chi connectivity index (χ3n) is 5.30. The molecule has 0 radical (unpaired) electrons. The number of nitrogens with zero attached hydrogens (tertiary/aromatic N) is 3. The van der Waals surface area contributed by atoms with Crippen molar-refractivity contribution >= 4 is 11.3 Å². The maximum absolute atomic E-state index is 6.30. The first kappa shape index (κ1) is 15.4. The van der Waals surface area contributed by atoms with E-state index in [2.05, 4.69) is 39.7 Å². The number of imidazole rings is 1. The van der Waals surface area contributed by atoms with Gasteiger partial charge < -0.3 is 9.30 Å². The predicted molar refractivity (Wildman–Crippen MR) is 92.8 cm³/mol. The fraction of sp³-hybridized carbons (Fsp3) is 0.611. The van der Waals surface area contributed by atoms with Crippen molar-refractivity contribution in [2.24, 2.45) is 0 Å². The van der Waals surface area contributed by atoms with E-state index >= 15 is 0 Å². The molecule has 124 valence electrons. The van der Waals surface area contributed by atoms with Gasteiger partial charge in [0.25, 0.3) is 0 Å². The van der Waals surface area contributed by atoms with E-state index in [1.165, 1.54) is 11.3 Å². The van der Waals surface area contributed by atoms with Crippen LogP contribution in [0.1, 0.15) is 48.9 Å². The van der Waals surface area contributed by atoms with E-state index in [4.69, 9.17) is 4.74 Å². The third-order valence-corrected chi connectivity index (χ3v) is 6.28. The molecule has 0 atom stereocenters. The Kier molecular flexibility index (Phi) is 4.03. The Labute approximate surface area is 142 Å². The summed E-state index contributed by atoms with van der Waals surface area (Å²) in [6.45, 7) is 8.49. The standard InChI is InChI=1S/C18H25N3OS/c1-14(2)21-13-19-11-15(21)12-20-7-5-18(6-8-20)16-4-10-23-17(16)3-9-22-18/h4,10-11,13-14H,3,5-9,12H2,1-2H3. The molecule has 0 N–H and O–H groups in total. The third kappa shape index (κ3) is 2.75. The van der Waals surface area contributed by atoms with Gasteiger partial charge >= 0.3 is 0 Å². The molecule has 4 heterocycles. The van der Waals surface area contributed by atoms with Gasteiger partial charge in [0.2, 0.25) is 0 Å². The first-order valence-electron chi connectivity index (χ1n) is 8.62. The Morgan fingerprint density at radius 2 is 2.17 bits per heavy atom. The summed E-state index contributed by atoms with van der Waals surface area (Å²) in [5, 5.41) is 2.23. The Morgan fingerprint density at radius 3 is 2.96 bits per heavy atom. The number of thiophene rings is 1. The average Bonchev–Trinajstić information content (AvgIpc) is 3.19. The molecule has 0 unspecified atom stereocenters. The van der Waals surface area contributed by atoms with E-state index in [-0.39, 0.29) is 5.60 Å². The number of piperidine rings is 1. The Balaban J connectivity index is 1.45. The lowest BCUT2D eigenvalue weighted by molar-refractivity contribution is -0.0982. The number of aromatic nitrogens is 2. The molecular weight excluding hydrogens is 306 g/mol. The van der Waals surface area contributed by atoms with Crippen LogP contribution in [0.5, 0.6) is 0 Å². The maximum Gasteiger partial charge on any atom is 0.0966 e. The fourth-order valence-corrected chi connectivity index (χ4v) is 4.94. The van der Waals surface area contributed by atoms with Gasteiger partial charge in [-0.15, -0.1) is 11.3 Å². The second kappa shape index (κ2) is 6.04. The minimum atomic E-state index is -0.0115. The van der Waals surface area contributed by atoms with Crippen LogP contribution in [0.2, 0.25) is 0 Å². The van der Waals surface area contributed by atoms with Crippen molar-refractivity contribution in [2.75, 3.05) is 19.7 Å². The fourth-order valence-electron chi connectivity index (χ4n) is 3.99. The highest BCUT2D eigenvalue weighted by Crippen LogP contribution is 2.43. The smallest absolute Gasteiger partial charge is 0.0966 e. The van der Waals surface area contributed by atoms with Gasteiger partial charge in [0.05, 0.1) is 24.2 Å². The van der Waals surface area contributed by atoms with Crippen LogP contribution >= 0.6 is 11.3 Å². The molecule has 0 aliphatic carbocycles. The summed E-state index contributed by atoms with van der Waals surface area (Å²) >= 11 is 1.90. The zero-order valence-electron chi connectivity index (χ0n) is 14.0. The van der Waals surface area contributed by atoms with Crippen molar-refractivity contribution in [1.82, 2.24) is 14.5 Å². The van der Waals surface area contributed by atoms with Crippen LogP contribution in [0.4, 0.5) is 0 Å². The molecule has 4 nitrogen and oxygen atoms in total. The van der Waals surface area contributed by atoms with Gasteiger partial charge in [-0.2, -0.15) is 0 Å². The van der Waals surface area contributed by atoms with Gasteiger partial charge in [-0.1, -0.05) is 0 Å². The van der Waals surface area contributed by atoms with Crippen LogP contribution in [-0.4, -0.2) is 34.1 Å². The lowest BCUT2D eigenvalue weighted by atomic mass is 9.82. The SMILES string of the molecule is CC(C)n1cncc1CN1CCC2(CC1)OCCc1sccc12. The summed E-state index contributed by atoms with van der Waals surface area (Å²) in [5.41, 5.74) is 2.78. The number of likely N-dealkylation sites (tertiary alicyclic amines) is 1. The highest BCUT2D eigenvalue weighted by Gasteiger charge is 2.41. The minimum absolute atomic E-state index is 0.0115. The second-order valence-electron chi connectivity index (χ2n) is 7.01. The molecule has 5 heteroatoms. The molecule has 0 saturated carbocycles. The van der Waals surface area contributed by atoms with Crippen LogP contribution in [0.15, 0.2) is 24.0 Å². The Morgan fingerprint density at radius 1 is 1.35 bits per heavy atom. The van der Waals surface area contributed by atoms with Gasteiger partial charge in [-0.05, 0) is 43.7 Å². The largest absolute Gasteiger partial charge is 0.370 e. The highest BCUT2D eigenvalue weighted by atomic mass is 32.1. The lowest BCUT2D eigenvalue weighted by Crippen LogP contribution is -2.46. The minimum Gasteiger partial charge on any atom is -0.370 e. The van der Waals surface area contributed by atoms with E-state index < -0.39 is 0 Å². The van der Waals surface area contributed by atoms with Crippen LogP contribution in [0.3, 0.4) is 0 Å². The molecule has 1 fully saturated rings. The second-order valence-corrected chi connectivity index (χ2v) is 8.01. The molecule has 2 aromatic rings. The van der Waals surface area contributed by atoms with E-state index in [0.717, 1.165) is 45.5 Å². The lowest BCUT2D eigenvalue weighted by Gasteiger charge is -2.44. The average molecular weight is 331 g/mol. The van der Waals surface area contributed by atoms with Crippen molar-refractivity contribution in [3.63, 3.8) is 0 Å². The molecular formula is C18H25N3OS. The van der Waals surface area contributed by atoms with Gasteiger partial charge in [-0.25, -0.2) is 4.98 Å². The molecule has 1 spiro atoms. The summed E-state index contributed by atoms with van der Waals surface area (Å²) < 4.78 is 8.58. The van der Waals surface area contributed by atoms with E-state index in [1.54, 1.807) is 4.88 Å². The monoisotopic (exact) mass is 331 g/mol. The number of hydrogen-bond donors (Lipinski definition) is 0. The molecule has 2 aromatic heterocycles. The van der Waals surface area contributed by atoms with Crippen molar-refractivity contribution in [3.05, 3.63) is 40.1 Å². The molecule has 1 saturated heterocycles. The molecule has 4 rings (SSSR count). The zero-order valence-corrected chi connectivity index (χ0v) is 14.8. The first-order valence-corrected chi connectivity index (χ1v) is 9.50. The van der Waals surface area contributed by atoms with Gasteiger partial charge in [0, 0.05) is 43.2 Å². The molecule has 0 amide bonds. The summed E-state index contributed by atoms with van der Waals surface area (Å²) in [7, 11) is 0. The van der Waals surface area contributed by atoms with Crippen molar-refractivity contribution < 1.29 is 4.74 Å². The van der Waals surface area contributed by atoms with Crippen molar-refractivity contribution in [3.8, 4) is 0 Å². The highest BCUT2D eigenvalue weighted by molar-refractivity contribution is 7.10. The summed E-state index contributed by atoms with van der Waals surface area (Å²) in [5.74, 6) is 0. The molecule has 0 bridgehead atoms. The van der Waals surface area contributed by atoms with E-state index in [9.17, 15) is 0 Å². The Bertz CT molecular complexity index is 667. The number of hydrogen-bond acceptors (Lipinski definition) is 4. The zero-order chi connectivity index (χ0) is 15.9. The number of fused-ring (bicyclic) bond motifs is 2.